The molecule has 0 N–H and O–H groups in total. The predicted molar refractivity (Wildman–Crippen MR) is 49.1 cm³/mol. The van der Waals surface area contributed by atoms with Crippen molar-refractivity contribution in [2.75, 3.05) is 0 Å². The Balaban J connectivity index is 2.46. The van der Waals surface area contributed by atoms with Crippen LogP contribution in [0, 0.1) is 0 Å². The fraction of sp³-hybridized carbons (Fsp3) is 0. The van der Waals surface area contributed by atoms with E-state index in [-0.39, 0.29) is 4.90 Å². The molecule has 2 rings (SSSR count). The average Bonchev–Trinajstić information content (AvgIpc) is 2.71. The van der Waals surface area contributed by atoms with Gasteiger partial charge in [-0.2, -0.15) is 0 Å². The van der Waals surface area contributed by atoms with E-state index in [1.165, 1.54) is 24.6 Å². The van der Waals surface area contributed by atoms with Crippen LogP contribution in [0.4, 0.5) is 0 Å². The van der Waals surface area contributed by atoms with Crippen LogP contribution >= 0.6 is 0 Å². The van der Waals surface area contributed by atoms with Crippen LogP contribution in [0.1, 0.15) is 0 Å². The molecule has 0 aliphatic heterocycles. The Labute approximate surface area is 82.9 Å². The van der Waals surface area contributed by atoms with Crippen molar-refractivity contribution in [2.24, 2.45) is 0 Å². The van der Waals surface area contributed by atoms with Gasteiger partial charge in [0.15, 0.2) is 0 Å². The third-order valence-electron chi connectivity index (χ3n) is 1.71. The van der Waals surface area contributed by atoms with Gasteiger partial charge in [-0.3, -0.25) is 4.21 Å². The Morgan fingerprint density at radius 1 is 1.43 bits per heavy atom. The van der Waals surface area contributed by atoms with Crippen LogP contribution in [0.15, 0.2) is 46.0 Å². The second kappa shape index (κ2) is 3.73. The highest BCUT2D eigenvalue weighted by molar-refractivity contribution is 7.79. The molecule has 0 radical (unpaired) electrons. The summed E-state index contributed by atoms with van der Waals surface area (Å²) in [5, 5.41) is 0. The minimum Gasteiger partial charge on any atom is -0.768 e. The van der Waals surface area contributed by atoms with Crippen LogP contribution < -0.4 is 0 Å². The van der Waals surface area contributed by atoms with Gasteiger partial charge in [-0.1, -0.05) is 6.07 Å². The summed E-state index contributed by atoms with van der Waals surface area (Å²) in [5.74, 6) is 0.414. The molecule has 0 amide bonds. The number of hydrogen-bond acceptors (Lipinski definition) is 4. The van der Waals surface area contributed by atoms with E-state index in [0.717, 1.165) is 0 Å². The molecule has 1 aromatic heterocycles. The highest BCUT2D eigenvalue weighted by atomic mass is 32.2. The van der Waals surface area contributed by atoms with Crippen molar-refractivity contribution >= 4 is 11.1 Å². The molecule has 5 heteroatoms. The molecule has 0 bridgehead atoms. The van der Waals surface area contributed by atoms with Gasteiger partial charge in [0.25, 0.3) is 0 Å². The molecule has 0 spiro atoms. The van der Waals surface area contributed by atoms with Gasteiger partial charge in [-0.25, -0.2) is 4.98 Å². The Morgan fingerprint density at radius 2 is 2.29 bits per heavy atom. The number of benzene rings is 1. The summed E-state index contributed by atoms with van der Waals surface area (Å²) in [6.45, 7) is 0. The average molecular weight is 208 g/mol. The van der Waals surface area contributed by atoms with E-state index < -0.39 is 11.1 Å². The standard InChI is InChI=1S/C9H7NO3S/c11-14(12)8-3-1-2-7(6-8)9-10-4-5-13-9/h1-6H,(H,11,12)/p-1. The lowest BCUT2D eigenvalue weighted by Crippen LogP contribution is -1.88. The van der Waals surface area contributed by atoms with Gasteiger partial charge in [-0.05, 0) is 29.3 Å². The van der Waals surface area contributed by atoms with E-state index in [2.05, 4.69) is 4.98 Å². The Kier molecular flexibility index (Phi) is 2.43. The summed E-state index contributed by atoms with van der Waals surface area (Å²) >= 11 is -2.22. The van der Waals surface area contributed by atoms with Gasteiger partial charge < -0.3 is 8.97 Å². The topological polar surface area (TPSA) is 66.2 Å². The molecule has 0 fully saturated rings. The molecule has 4 nitrogen and oxygen atoms in total. The van der Waals surface area contributed by atoms with Crippen molar-refractivity contribution in [1.82, 2.24) is 4.98 Å². The van der Waals surface area contributed by atoms with Gasteiger partial charge >= 0.3 is 0 Å². The highest BCUT2D eigenvalue weighted by Crippen LogP contribution is 2.19. The number of rotatable bonds is 2. The molecule has 0 saturated heterocycles. The van der Waals surface area contributed by atoms with E-state index >= 15 is 0 Å². The van der Waals surface area contributed by atoms with E-state index in [0.29, 0.717) is 11.5 Å². The molecule has 1 atom stereocenters. The first-order valence-electron chi connectivity index (χ1n) is 3.86. The van der Waals surface area contributed by atoms with Crippen molar-refractivity contribution in [3.8, 4) is 11.5 Å². The number of hydrogen-bond donors (Lipinski definition) is 0. The molecule has 0 saturated carbocycles. The third kappa shape index (κ3) is 1.73. The lowest BCUT2D eigenvalue weighted by Gasteiger charge is -2.05. The molecule has 72 valence electrons. The fourth-order valence-electron chi connectivity index (χ4n) is 1.10. The maximum absolute atomic E-state index is 10.7. The van der Waals surface area contributed by atoms with E-state index in [4.69, 9.17) is 4.42 Å². The van der Waals surface area contributed by atoms with E-state index in [9.17, 15) is 8.76 Å². The van der Waals surface area contributed by atoms with Crippen molar-refractivity contribution in [3.05, 3.63) is 36.7 Å². The van der Waals surface area contributed by atoms with Crippen LogP contribution in [0.2, 0.25) is 0 Å². The zero-order valence-electron chi connectivity index (χ0n) is 7.04. The summed E-state index contributed by atoms with van der Waals surface area (Å²) in [7, 11) is 0. The van der Waals surface area contributed by atoms with Gasteiger partial charge in [0.1, 0.15) is 6.26 Å². The maximum atomic E-state index is 10.7. The third-order valence-corrected chi connectivity index (χ3v) is 2.34. The first-order chi connectivity index (χ1) is 6.77. The first-order valence-corrected chi connectivity index (χ1v) is 4.94. The molecule has 14 heavy (non-hydrogen) atoms. The summed E-state index contributed by atoms with van der Waals surface area (Å²) < 4.78 is 26.4. The lowest BCUT2D eigenvalue weighted by atomic mass is 10.2. The van der Waals surface area contributed by atoms with Crippen molar-refractivity contribution in [2.45, 2.75) is 4.90 Å². The second-order valence-corrected chi connectivity index (χ2v) is 3.54. The number of oxazole rings is 1. The largest absolute Gasteiger partial charge is 0.768 e. The maximum Gasteiger partial charge on any atom is 0.225 e. The van der Waals surface area contributed by atoms with Crippen LogP contribution in [0.3, 0.4) is 0 Å². The van der Waals surface area contributed by atoms with Crippen molar-refractivity contribution in [3.63, 3.8) is 0 Å². The zero-order valence-corrected chi connectivity index (χ0v) is 7.86. The predicted octanol–water partition coefficient (Wildman–Crippen LogP) is 1.58. The fourth-order valence-corrected chi connectivity index (χ4v) is 1.51. The van der Waals surface area contributed by atoms with Crippen LogP contribution in [-0.2, 0) is 11.1 Å². The SMILES string of the molecule is O=S([O-])c1cccc(-c2ncco2)c1. The second-order valence-electron chi connectivity index (χ2n) is 2.60. The summed E-state index contributed by atoms with van der Waals surface area (Å²) in [6.07, 6.45) is 2.95. The Hall–Kier alpha value is -1.46. The smallest absolute Gasteiger partial charge is 0.225 e. The first kappa shape index (κ1) is 9.11. The molecular weight excluding hydrogens is 202 g/mol. The van der Waals surface area contributed by atoms with Gasteiger partial charge in [-0.15, -0.1) is 0 Å². The summed E-state index contributed by atoms with van der Waals surface area (Å²) in [5.41, 5.74) is 0.650. The zero-order chi connectivity index (χ0) is 9.97. The monoisotopic (exact) mass is 208 g/mol. The molecule has 2 aromatic rings. The highest BCUT2D eigenvalue weighted by Gasteiger charge is 2.02. The normalized spacial score (nSPS) is 12.6. The molecule has 1 aromatic carbocycles. The van der Waals surface area contributed by atoms with Crippen LogP contribution in [0.5, 0.6) is 0 Å². The van der Waals surface area contributed by atoms with E-state index in [1.54, 1.807) is 12.1 Å². The lowest BCUT2D eigenvalue weighted by molar-refractivity contribution is 0.537. The van der Waals surface area contributed by atoms with E-state index in [1.807, 2.05) is 0 Å². The molecule has 1 heterocycles. The molecular formula is C9H6NO3S-. The number of aromatic nitrogens is 1. The quantitative estimate of drug-likeness (QED) is 0.703. The van der Waals surface area contributed by atoms with Crippen molar-refractivity contribution in [1.29, 1.82) is 0 Å². The Bertz CT molecular complexity index is 453. The summed E-state index contributed by atoms with van der Waals surface area (Å²) in [6, 6.07) is 6.40. The molecule has 1 unspecified atom stereocenters. The minimum atomic E-state index is -2.22. The van der Waals surface area contributed by atoms with Gasteiger partial charge in [0, 0.05) is 10.5 Å². The van der Waals surface area contributed by atoms with Crippen LogP contribution in [-0.4, -0.2) is 13.7 Å². The van der Waals surface area contributed by atoms with Crippen LogP contribution in [0.25, 0.3) is 11.5 Å². The molecule has 0 aliphatic rings. The summed E-state index contributed by atoms with van der Waals surface area (Å²) in [4.78, 5) is 4.14. The van der Waals surface area contributed by atoms with Crippen molar-refractivity contribution < 1.29 is 13.2 Å². The van der Waals surface area contributed by atoms with Gasteiger partial charge in [0.2, 0.25) is 5.89 Å². The molecule has 0 aliphatic carbocycles. The minimum absolute atomic E-state index is 0.223. The number of nitrogens with zero attached hydrogens (tertiary/aromatic N) is 1. The Morgan fingerprint density at radius 3 is 2.93 bits per heavy atom. The van der Waals surface area contributed by atoms with Gasteiger partial charge in [0.05, 0.1) is 6.20 Å².